The molecule has 1 amide bonds. The smallest absolute Gasteiger partial charge is 0.234 e. The second kappa shape index (κ2) is 12.5. The average molecular weight is 497 g/mol. The summed E-state index contributed by atoms with van der Waals surface area (Å²) in [6, 6.07) is 23.5. The molecule has 3 aromatic carbocycles. The Bertz CT molecular complexity index is 1100. The van der Waals surface area contributed by atoms with Crippen LogP contribution in [-0.4, -0.2) is 60.2 Å². The fourth-order valence-corrected chi connectivity index (χ4v) is 5.01. The number of ether oxygens (including phenoxy) is 3. The van der Waals surface area contributed by atoms with Crippen LogP contribution in [0.5, 0.6) is 0 Å². The molecule has 186 valence electrons. The monoisotopic (exact) mass is 496 g/mol. The van der Waals surface area contributed by atoms with E-state index >= 15 is 0 Å². The lowest BCUT2D eigenvalue weighted by Gasteiger charge is -2.44. The first-order chi connectivity index (χ1) is 17.1. The lowest BCUT2D eigenvalue weighted by molar-refractivity contribution is -0.196. The zero-order valence-corrected chi connectivity index (χ0v) is 20.5. The second-order valence-corrected chi connectivity index (χ2v) is 9.46. The Morgan fingerprint density at radius 2 is 1.77 bits per heavy atom. The van der Waals surface area contributed by atoms with E-state index in [1.807, 2.05) is 54.8 Å². The maximum Gasteiger partial charge on any atom is 0.234 e. The Labute approximate surface area is 209 Å². The number of hydrogen-bond acceptors (Lipinski definition) is 7. The molecule has 1 aliphatic rings. The highest BCUT2D eigenvalue weighted by molar-refractivity contribution is 7.99. The van der Waals surface area contributed by atoms with Gasteiger partial charge in [0, 0.05) is 0 Å². The molecule has 1 unspecified atom stereocenters. The van der Waals surface area contributed by atoms with Gasteiger partial charge in [-0.25, -0.2) is 0 Å². The maximum atomic E-state index is 12.1. The molecule has 0 aromatic heterocycles. The fourth-order valence-electron chi connectivity index (χ4n) is 4.24. The highest BCUT2D eigenvalue weighted by Gasteiger charge is 2.46. The van der Waals surface area contributed by atoms with Crippen LogP contribution in [0.25, 0.3) is 10.8 Å². The first-order valence-electron chi connectivity index (χ1n) is 11.7. The quantitative estimate of drug-likeness (QED) is 0.397. The minimum absolute atomic E-state index is 0.155. The molecule has 1 fully saturated rings. The number of nitrogens with two attached hydrogens (primary N) is 1. The van der Waals surface area contributed by atoms with Crippen molar-refractivity contribution in [2.75, 3.05) is 19.4 Å². The molecule has 7 nitrogen and oxygen atoms in total. The van der Waals surface area contributed by atoms with Crippen LogP contribution in [0.4, 0.5) is 0 Å². The molecule has 8 heteroatoms. The van der Waals surface area contributed by atoms with Gasteiger partial charge in [0.1, 0.15) is 23.7 Å². The van der Waals surface area contributed by atoms with Gasteiger partial charge in [-0.15, -0.1) is 11.8 Å². The van der Waals surface area contributed by atoms with Crippen molar-refractivity contribution in [3.05, 3.63) is 83.9 Å². The van der Waals surface area contributed by atoms with Crippen molar-refractivity contribution in [1.29, 1.82) is 0 Å². The second-order valence-electron chi connectivity index (χ2n) is 8.52. The average Bonchev–Trinajstić information content (AvgIpc) is 2.90. The standard InChI is InChI=1S/C27H32N2O5S/c1-35-27-24(29-23(30)14-28)26(33-16-18-7-3-2-4-8-18)25(31)22(34-27)17-32-15-19-11-12-20-9-5-6-10-21(20)13-19/h2-13,22,24-27,31H,14-17,28H2,1H3,(H,29,30)/t22-,24-,25-,26-,27?/m1/s1. The number of carbonyl (C=O) groups is 1. The number of fused-ring (bicyclic) bond motifs is 1. The van der Waals surface area contributed by atoms with E-state index in [4.69, 9.17) is 19.9 Å². The Morgan fingerprint density at radius 3 is 2.51 bits per heavy atom. The number of carbonyl (C=O) groups excluding carboxylic acids is 1. The molecule has 35 heavy (non-hydrogen) atoms. The Hall–Kier alpha value is -2.46. The highest BCUT2D eigenvalue weighted by Crippen LogP contribution is 2.30. The molecule has 4 N–H and O–H groups in total. The fraction of sp³-hybridized carbons (Fsp3) is 0.370. The molecular formula is C27H32N2O5S. The number of aliphatic hydroxyl groups is 1. The summed E-state index contributed by atoms with van der Waals surface area (Å²) in [5.74, 6) is -0.329. The van der Waals surface area contributed by atoms with E-state index in [-0.39, 0.29) is 19.1 Å². The predicted molar refractivity (Wildman–Crippen MR) is 138 cm³/mol. The van der Waals surface area contributed by atoms with E-state index in [0.29, 0.717) is 13.2 Å². The Kier molecular flexibility index (Phi) is 9.14. The van der Waals surface area contributed by atoms with Gasteiger partial charge in [-0.3, -0.25) is 4.79 Å². The summed E-state index contributed by atoms with van der Waals surface area (Å²) in [7, 11) is 0. The van der Waals surface area contributed by atoms with Gasteiger partial charge in [0.25, 0.3) is 0 Å². The van der Waals surface area contributed by atoms with Gasteiger partial charge < -0.3 is 30.4 Å². The van der Waals surface area contributed by atoms with Gasteiger partial charge in [0.2, 0.25) is 5.91 Å². The molecule has 3 aromatic rings. The Morgan fingerprint density at radius 1 is 1.03 bits per heavy atom. The molecular weight excluding hydrogens is 464 g/mol. The Balaban J connectivity index is 1.43. The lowest BCUT2D eigenvalue weighted by Crippen LogP contribution is -2.64. The molecule has 4 rings (SSSR count). The van der Waals surface area contributed by atoms with Crippen molar-refractivity contribution in [1.82, 2.24) is 5.32 Å². The highest BCUT2D eigenvalue weighted by atomic mass is 32.2. The summed E-state index contributed by atoms with van der Waals surface area (Å²) in [5.41, 5.74) is 7.11. The number of benzene rings is 3. The van der Waals surface area contributed by atoms with Crippen LogP contribution < -0.4 is 11.1 Å². The van der Waals surface area contributed by atoms with Crippen LogP contribution in [0.1, 0.15) is 11.1 Å². The summed E-state index contributed by atoms with van der Waals surface area (Å²) in [6.45, 7) is 0.721. The lowest BCUT2D eigenvalue weighted by atomic mass is 9.97. The van der Waals surface area contributed by atoms with E-state index in [1.54, 1.807) is 0 Å². The molecule has 0 saturated carbocycles. The summed E-state index contributed by atoms with van der Waals surface area (Å²) in [4.78, 5) is 12.1. The summed E-state index contributed by atoms with van der Waals surface area (Å²) in [5, 5.41) is 16.4. The molecule has 1 aliphatic heterocycles. The summed E-state index contributed by atoms with van der Waals surface area (Å²) in [6.07, 6.45) is -0.404. The van der Waals surface area contributed by atoms with Gasteiger partial charge in [-0.1, -0.05) is 66.7 Å². The summed E-state index contributed by atoms with van der Waals surface area (Å²) >= 11 is 1.44. The van der Waals surface area contributed by atoms with Crippen molar-refractivity contribution in [3.63, 3.8) is 0 Å². The molecule has 0 bridgehead atoms. The predicted octanol–water partition coefficient (Wildman–Crippen LogP) is 2.83. The van der Waals surface area contributed by atoms with Gasteiger partial charge >= 0.3 is 0 Å². The van der Waals surface area contributed by atoms with Gasteiger partial charge in [0.15, 0.2) is 0 Å². The van der Waals surface area contributed by atoms with Crippen LogP contribution >= 0.6 is 11.8 Å². The van der Waals surface area contributed by atoms with Crippen LogP contribution in [-0.2, 0) is 32.2 Å². The van der Waals surface area contributed by atoms with Gasteiger partial charge in [0.05, 0.1) is 32.4 Å². The van der Waals surface area contributed by atoms with E-state index in [0.717, 1.165) is 16.5 Å². The topological polar surface area (TPSA) is 103 Å². The van der Waals surface area contributed by atoms with Crippen LogP contribution in [0.2, 0.25) is 0 Å². The van der Waals surface area contributed by atoms with E-state index < -0.39 is 29.8 Å². The third-order valence-corrected chi connectivity index (χ3v) is 6.94. The minimum Gasteiger partial charge on any atom is -0.388 e. The maximum absolute atomic E-state index is 12.1. The SMILES string of the molecule is CSC1O[C@H](COCc2ccc3ccccc3c2)[C@@H](O)[C@H](OCc2ccccc2)[C@H]1NC(=O)CN. The number of nitrogens with one attached hydrogen (secondary N) is 1. The van der Waals surface area contributed by atoms with Crippen molar-refractivity contribution in [2.24, 2.45) is 5.73 Å². The zero-order chi connectivity index (χ0) is 24.6. The van der Waals surface area contributed by atoms with Gasteiger partial charge in [-0.05, 0) is 34.2 Å². The number of rotatable bonds is 10. The van der Waals surface area contributed by atoms with Crippen LogP contribution in [0.15, 0.2) is 72.8 Å². The minimum atomic E-state index is -0.998. The van der Waals surface area contributed by atoms with Crippen molar-refractivity contribution in [2.45, 2.75) is 43.0 Å². The van der Waals surface area contributed by atoms with Crippen LogP contribution in [0.3, 0.4) is 0 Å². The number of amides is 1. The zero-order valence-electron chi connectivity index (χ0n) is 19.7. The molecule has 0 spiro atoms. The van der Waals surface area contributed by atoms with Crippen LogP contribution in [0, 0.1) is 0 Å². The molecule has 0 radical (unpaired) electrons. The first kappa shape index (κ1) is 25.6. The van der Waals surface area contributed by atoms with E-state index in [2.05, 4.69) is 29.6 Å². The molecule has 0 aliphatic carbocycles. The third kappa shape index (κ3) is 6.61. The van der Waals surface area contributed by atoms with Crippen molar-refractivity contribution in [3.8, 4) is 0 Å². The van der Waals surface area contributed by atoms with Gasteiger partial charge in [-0.2, -0.15) is 0 Å². The normalized spacial score (nSPS) is 24.4. The molecule has 5 atom stereocenters. The van der Waals surface area contributed by atoms with Crippen molar-refractivity contribution < 1.29 is 24.1 Å². The third-order valence-electron chi connectivity index (χ3n) is 6.07. The van der Waals surface area contributed by atoms with E-state index in [1.165, 1.54) is 17.1 Å². The van der Waals surface area contributed by atoms with E-state index in [9.17, 15) is 9.90 Å². The largest absolute Gasteiger partial charge is 0.388 e. The molecule has 1 saturated heterocycles. The summed E-state index contributed by atoms with van der Waals surface area (Å²) < 4.78 is 18.3. The molecule has 1 heterocycles. The first-order valence-corrected chi connectivity index (χ1v) is 12.9. The number of hydrogen-bond donors (Lipinski definition) is 3. The number of aliphatic hydroxyl groups excluding tert-OH is 1. The number of thioether (sulfide) groups is 1. The van der Waals surface area contributed by atoms with Crippen molar-refractivity contribution >= 4 is 28.4 Å².